The van der Waals surface area contributed by atoms with Crippen LogP contribution in [0.5, 0.6) is 0 Å². The fraction of sp³-hybridized carbons (Fsp3) is 0.476. The maximum Gasteiger partial charge on any atom is 0.257 e. The first-order chi connectivity index (χ1) is 14.0. The Morgan fingerprint density at radius 3 is 2.48 bits per heavy atom. The van der Waals surface area contributed by atoms with Gasteiger partial charge in [0.25, 0.3) is 11.8 Å². The van der Waals surface area contributed by atoms with Crippen LogP contribution in [0.1, 0.15) is 51.0 Å². The minimum atomic E-state index is -0.0881. The Labute approximate surface area is 170 Å². The van der Waals surface area contributed by atoms with Gasteiger partial charge in [-0.3, -0.25) is 14.6 Å². The molecule has 4 rings (SSSR count). The van der Waals surface area contributed by atoms with Gasteiger partial charge in [0.1, 0.15) is 6.33 Å². The van der Waals surface area contributed by atoms with Gasteiger partial charge in [0.15, 0.2) is 0 Å². The molecule has 2 aliphatic rings. The summed E-state index contributed by atoms with van der Waals surface area (Å²) >= 11 is 0. The van der Waals surface area contributed by atoms with Crippen LogP contribution in [0.15, 0.2) is 30.9 Å². The smallest absolute Gasteiger partial charge is 0.257 e. The van der Waals surface area contributed by atoms with Crippen molar-refractivity contribution in [3.8, 4) is 0 Å². The molecule has 29 heavy (non-hydrogen) atoms. The number of nitrogens with zero attached hydrogens (tertiary/aromatic N) is 6. The molecule has 0 saturated carbocycles. The fourth-order valence-corrected chi connectivity index (χ4v) is 3.99. The lowest BCUT2D eigenvalue weighted by Gasteiger charge is -2.32. The zero-order valence-electron chi connectivity index (χ0n) is 16.9. The molecular weight excluding hydrogens is 368 g/mol. The monoisotopic (exact) mass is 394 g/mol. The van der Waals surface area contributed by atoms with Crippen LogP contribution in [0.25, 0.3) is 0 Å². The lowest BCUT2D eigenvalue weighted by atomic mass is 10.1. The average molecular weight is 394 g/mol. The van der Waals surface area contributed by atoms with Gasteiger partial charge in [-0.25, -0.2) is 9.97 Å². The van der Waals surface area contributed by atoms with Crippen molar-refractivity contribution in [1.29, 1.82) is 0 Å². The van der Waals surface area contributed by atoms with E-state index in [2.05, 4.69) is 26.9 Å². The second kappa shape index (κ2) is 8.24. The van der Waals surface area contributed by atoms with Gasteiger partial charge in [0, 0.05) is 45.1 Å². The molecule has 2 aromatic rings. The molecule has 4 heterocycles. The molecule has 0 N–H and O–H groups in total. The largest absolute Gasteiger partial charge is 0.336 e. The van der Waals surface area contributed by atoms with Crippen molar-refractivity contribution in [3.63, 3.8) is 0 Å². The average Bonchev–Trinajstić information content (AvgIpc) is 3.24. The number of amides is 2. The Balaban J connectivity index is 1.49. The van der Waals surface area contributed by atoms with Crippen molar-refractivity contribution in [3.05, 3.63) is 53.4 Å². The van der Waals surface area contributed by atoms with E-state index in [0.717, 1.165) is 44.7 Å². The molecular formula is C21H26N6O2. The first kappa shape index (κ1) is 19.4. The highest BCUT2D eigenvalue weighted by Gasteiger charge is 2.32. The molecule has 2 saturated heterocycles. The van der Waals surface area contributed by atoms with Crippen LogP contribution in [0.3, 0.4) is 0 Å². The predicted octanol–water partition coefficient (Wildman–Crippen LogP) is 1.54. The standard InChI is InChI=1S/C21H26N6O2/c1-15-17(13-22-14-24-15)21(29)27-7-3-4-19(27)18-6-5-16(12-23-18)20(28)26-10-8-25(2)9-11-26/h5-6,12-14,19H,3-4,7-11H2,1-2H3/t19-/m0/s1. The number of carbonyl (C=O) groups excluding carboxylic acids is 2. The maximum atomic E-state index is 13.0. The number of hydrogen-bond acceptors (Lipinski definition) is 6. The molecule has 2 aromatic heterocycles. The normalized spacial score (nSPS) is 20.1. The third-order valence-corrected chi connectivity index (χ3v) is 5.82. The van der Waals surface area contributed by atoms with E-state index in [1.807, 2.05) is 28.9 Å². The van der Waals surface area contributed by atoms with Crippen molar-refractivity contribution >= 4 is 11.8 Å². The van der Waals surface area contributed by atoms with Crippen molar-refractivity contribution in [2.24, 2.45) is 0 Å². The van der Waals surface area contributed by atoms with E-state index in [4.69, 9.17) is 0 Å². The fourth-order valence-electron chi connectivity index (χ4n) is 3.99. The molecule has 8 heteroatoms. The van der Waals surface area contributed by atoms with Crippen molar-refractivity contribution in [2.75, 3.05) is 39.8 Å². The second-order valence-electron chi connectivity index (χ2n) is 7.75. The van der Waals surface area contributed by atoms with Crippen LogP contribution < -0.4 is 0 Å². The van der Waals surface area contributed by atoms with Gasteiger partial charge < -0.3 is 14.7 Å². The van der Waals surface area contributed by atoms with E-state index in [0.29, 0.717) is 23.4 Å². The minimum Gasteiger partial charge on any atom is -0.336 e. The molecule has 152 valence electrons. The van der Waals surface area contributed by atoms with E-state index in [1.54, 1.807) is 12.4 Å². The number of aryl methyl sites for hydroxylation is 1. The summed E-state index contributed by atoms with van der Waals surface area (Å²) in [7, 11) is 2.07. The Hall–Kier alpha value is -2.87. The van der Waals surface area contributed by atoms with Crippen LogP contribution in [-0.2, 0) is 0 Å². The van der Waals surface area contributed by atoms with E-state index >= 15 is 0 Å². The van der Waals surface area contributed by atoms with Crippen molar-refractivity contribution in [1.82, 2.24) is 29.7 Å². The topological polar surface area (TPSA) is 82.5 Å². The van der Waals surface area contributed by atoms with Gasteiger partial charge in [-0.1, -0.05) is 0 Å². The van der Waals surface area contributed by atoms with Gasteiger partial charge in [-0.15, -0.1) is 0 Å². The molecule has 0 bridgehead atoms. The van der Waals surface area contributed by atoms with E-state index < -0.39 is 0 Å². The van der Waals surface area contributed by atoms with Crippen molar-refractivity contribution < 1.29 is 9.59 Å². The summed E-state index contributed by atoms with van der Waals surface area (Å²) in [6, 6.07) is 3.63. The molecule has 0 unspecified atom stereocenters. The molecule has 1 atom stereocenters. The summed E-state index contributed by atoms with van der Waals surface area (Å²) in [6.45, 7) is 5.75. The number of carbonyl (C=O) groups is 2. The zero-order valence-corrected chi connectivity index (χ0v) is 16.9. The van der Waals surface area contributed by atoms with E-state index in [9.17, 15) is 9.59 Å². The Morgan fingerprint density at radius 2 is 1.79 bits per heavy atom. The summed E-state index contributed by atoms with van der Waals surface area (Å²) in [5, 5.41) is 0. The maximum absolute atomic E-state index is 13.0. The zero-order chi connectivity index (χ0) is 20.4. The van der Waals surface area contributed by atoms with Crippen LogP contribution >= 0.6 is 0 Å². The number of likely N-dealkylation sites (N-methyl/N-ethyl adjacent to an activating group) is 1. The van der Waals surface area contributed by atoms with Gasteiger partial charge in [-0.2, -0.15) is 0 Å². The number of rotatable bonds is 3. The Kier molecular flexibility index (Phi) is 5.53. The number of pyridine rings is 1. The summed E-state index contributed by atoms with van der Waals surface area (Å²) in [5.41, 5.74) is 2.62. The van der Waals surface area contributed by atoms with Crippen LogP contribution in [0, 0.1) is 6.92 Å². The van der Waals surface area contributed by atoms with Crippen molar-refractivity contribution in [2.45, 2.75) is 25.8 Å². The Bertz CT molecular complexity index is 892. The lowest BCUT2D eigenvalue weighted by Crippen LogP contribution is -2.47. The van der Waals surface area contributed by atoms with Gasteiger partial charge in [0.05, 0.1) is 28.6 Å². The molecule has 0 spiro atoms. The molecule has 0 aliphatic carbocycles. The third kappa shape index (κ3) is 3.98. The molecule has 2 fully saturated rings. The quantitative estimate of drug-likeness (QED) is 0.786. The van der Waals surface area contributed by atoms with Crippen LogP contribution in [0.4, 0.5) is 0 Å². The predicted molar refractivity (Wildman–Crippen MR) is 107 cm³/mol. The summed E-state index contributed by atoms with van der Waals surface area (Å²) < 4.78 is 0. The second-order valence-corrected chi connectivity index (χ2v) is 7.75. The number of hydrogen-bond donors (Lipinski definition) is 0. The van der Waals surface area contributed by atoms with Crippen LogP contribution in [0.2, 0.25) is 0 Å². The third-order valence-electron chi connectivity index (χ3n) is 5.82. The highest BCUT2D eigenvalue weighted by Crippen LogP contribution is 2.32. The summed E-state index contributed by atoms with van der Waals surface area (Å²) in [4.78, 5) is 44.4. The molecule has 0 aromatic carbocycles. The Morgan fingerprint density at radius 1 is 1.00 bits per heavy atom. The van der Waals surface area contributed by atoms with E-state index in [-0.39, 0.29) is 17.9 Å². The van der Waals surface area contributed by atoms with Gasteiger partial charge >= 0.3 is 0 Å². The van der Waals surface area contributed by atoms with Gasteiger partial charge in [0.2, 0.25) is 0 Å². The SMILES string of the molecule is Cc1ncncc1C(=O)N1CCC[C@H]1c1ccc(C(=O)N2CCN(C)CC2)cn1. The number of likely N-dealkylation sites (tertiary alicyclic amines) is 1. The minimum absolute atomic E-state index is 0.0218. The molecule has 2 amide bonds. The number of piperazine rings is 1. The molecule has 0 radical (unpaired) electrons. The summed E-state index contributed by atoms with van der Waals surface area (Å²) in [5.74, 6) is -0.0430. The van der Waals surface area contributed by atoms with Gasteiger partial charge in [-0.05, 0) is 38.9 Å². The first-order valence-electron chi connectivity index (χ1n) is 10.1. The molecule has 2 aliphatic heterocycles. The molecule has 8 nitrogen and oxygen atoms in total. The van der Waals surface area contributed by atoms with E-state index in [1.165, 1.54) is 6.33 Å². The highest BCUT2D eigenvalue weighted by atomic mass is 16.2. The lowest BCUT2D eigenvalue weighted by molar-refractivity contribution is 0.0661. The summed E-state index contributed by atoms with van der Waals surface area (Å²) in [6.07, 6.45) is 6.45. The first-order valence-corrected chi connectivity index (χ1v) is 10.1. The number of aromatic nitrogens is 3. The highest BCUT2D eigenvalue weighted by molar-refractivity contribution is 5.95. The van der Waals surface area contributed by atoms with Crippen LogP contribution in [-0.4, -0.2) is 81.2 Å².